The first-order valence-electron chi connectivity index (χ1n) is 10.3. The summed E-state index contributed by atoms with van der Waals surface area (Å²) < 4.78 is 26.1. The van der Waals surface area contributed by atoms with Crippen LogP contribution >= 0.6 is 0 Å². The van der Waals surface area contributed by atoms with Gasteiger partial charge in [-0.3, -0.25) is 9.59 Å². The van der Waals surface area contributed by atoms with Gasteiger partial charge in [-0.15, -0.1) is 0 Å². The van der Waals surface area contributed by atoms with Gasteiger partial charge in [0.15, 0.2) is 0 Å². The van der Waals surface area contributed by atoms with Gasteiger partial charge in [-0.1, -0.05) is 0 Å². The van der Waals surface area contributed by atoms with E-state index in [1.807, 2.05) is 6.07 Å². The van der Waals surface area contributed by atoms with Crippen molar-refractivity contribution in [3.05, 3.63) is 23.4 Å². The largest absolute Gasteiger partial charge is 0.365 e. The molecule has 1 aliphatic carbocycles. The predicted octanol–water partition coefficient (Wildman–Crippen LogP) is 2.94. The van der Waals surface area contributed by atoms with Gasteiger partial charge in [-0.2, -0.15) is 0 Å². The second kappa shape index (κ2) is 6.92. The third kappa shape index (κ3) is 3.94. The molecule has 8 heteroatoms. The quantitative estimate of drug-likeness (QED) is 0.838. The van der Waals surface area contributed by atoms with Crippen molar-refractivity contribution in [2.45, 2.75) is 63.5 Å². The molecule has 6 nitrogen and oxygen atoms in total. The third-order valence-corrected chi connectivity index (χ3v) is 6.47. The number of pyridine rings is 1. The van der Waals surface area contributed by atoms with Crippen molar-refractivity contribution in [3.63, 3.8) is 0 Å². The number of fused-ring (bicyclic) bond motifs is 1. The Morgan fingerprint density at radius 2 is 2.03 bits per heavy atom. The number of carbonyl (C=O) groups excluding carboxylic acids is 2. The number of alkyl halides is 2. The zero-order chi connectivity index (χ0) is 21.0. The second-order valence-corrected chi connectivity index (χ2v) is 9.34. The predicted molar refractivity (Wildman–Crippen MR) is 105 cm³/mol. The Morgan fingerprint density at radius 3 is 2.72 bits per heavy atom. The fraction of sp³-hybridized carbons (Fsp3) is 0.667. The molecule has 0 spiro atoms. The van der Waals surface area contributed by atoms with E-state index in [4.69, 9.17) is 0 Å². The lowest BCUT2D eigenvalue weighted by Gasteiger charge is -2.37. The molecule has 0 unspecified atom stereocenters. The molecule has 1 N–H and O–H groups in total. The molecule has 0 aromatic carbocycles. The van der Waals surface area contributed by atoms with Crippen molar-refractivity contribution in [1.29, 1.82) is 0 Å². The summed E-state index contributed by atoms with van der Waals surface area (Å²) in [6.45, 7) is 5.23. The fourth-order valence-electron chi connectivity index (χ4n) is 4.49. The van der Waals surface area contributed by atoms with Gasteiger partial charge in [-0.25, -0.2) is 13.8 Å². The topological polar surface area (TPSA) is 65.5 Å². The van der Waals surface area contributed by atoms with Crippen molar-refractivity contribution >= 4 is 17.6 Å². The number of aryl methyl sites for hydroxylation is 1. The van der Waals surface area contributed by atoms with Crippen LogP contribution in [0, 0.1) is 5.92 Å². The first-order valence-corrected chi connectivity index (χ1v) is 10.3. The van der Waals surface area contributed by atoms with Gasteiger partial charge in [0.2, 0.25) is 11.8 Å². The summed E-state index contributed by atoms with van der Waals surface area (Å²) in [4.78, 5) is 33.1. The average Bonchev–Trinajstić information content (AvgIpc) is 3.13. The molecule has 2 fully saturated rings. The summed E-state index contributed by atoms with van der Waals surface area (Å²) in [5, 5.41) is 3.40. The van der Waals surface area contributed by atoms with E-state index in [0.717, 1.165) is 24.2 Å². The van der Waals surface area contributed by atoms with Crippen LogP contribution in [0.1, 0.15) is 55.5 Å². The molecular weight excluding hydrogens is 378 g/mol. The van der Waals surface area contributed by atoms with E-state index in [1.165, 1.54) is 0 Å². The van der Waals surface area contributed by atoms with Gasteiger partial charge in [0.25, 0.3) is 5.91 Å². The lowest BCUT2D eigenvalue weighted by Crippen LogP contribution is -2.49. The molecule has 3 aliphatic rings. The monoisotopic (exact) mass is 406 g/mol. The highest BCUT2D eigenvalue weighted by Crippen LogP contribution is 2.43. The van der Waals surface area contributed by atoms with E-state index in [1.54, 1.807) is 23.0 Å². The Labute approximate surface area is 169 Å². The summed E-state index contributed by atoms with van der Waals surface area (Å²) >= 11 is 0. The molecule has 0 bridgehead atoms. The van der Waals surface area contributed by atoms with E-state index < -0.39 is 11.8 Å². The van der Waals surface area contributed by atoms with Gasteiger partial charge < -0.3 is 15.1 Å². The summed E-state index contributed by atoms with van der Waals surface area (Å²) in [5.41, 5.74) is 1.59. The maximum Gasteiger partial charge on any atom is 0.255 e. The molecular formula is C21H28F2N4O2. The van der Waals surface area contributed by atoms with Gasteiger partial charge in [0, 0.05) is 50.6 Å². The van der Waals surface area contributed by atoms with E-state index in [0.29, 0.717) is 25.1 Å². The number of nitrogens with one attached hydrogen (secondary N) is 1. The van der Waals surface area contributed by atoms with Gasteiger partial charge in [0.05, 0.1) is 11.6 Å². The first-order chi connectivity index (χ1) is 13.5. The molecule has 3 heterocycles. The highest BCUT2D eigenvalue weighted by atomic mass is 19.3. The molecule has 1 atom stereocenters. The van der Waals surface area contributed by atoms with E-state index >= 15 is 0 Å². The number of aromatic nitrogens is 1. The van der Waals surface area contributed by atoms with Crippen LogP contribution in [0.5, 0.6) is 0 Å². The van der Waals surface area contributed by atoms with Crippen molar-refractivity contribution in [2.24, 2.45) is 5.92 Å². The Morgan fingerprint density at radius 1 is 1.31 bits per heavy atom. The third-order valence-electron chi connectivity index (χ3n) is 6.47. The highest BCUT2D eigenvalue weighted by Gasteiger charge is 2.50. The van der Waals surface area contributed by atoms with Gasteiger partial charge in [0.1, 0.15) is 5.82 Å². The summed E-state index contributed by atoms with van der Waals surface area (Å²) in [7, 11) is 1.66. The minimum atomic E-state index is -2.71. The number of amides is 2. The van der Waals surface area contributed by atoms with Crippen LogP contribution in [0.4, 0.5) is 14.6 Å². The van der Waals surface area contributed by atoms with Crippen LogP contribution in [0.15, 0.2) is 12.3 Å². The summed E-state index contributed by atoms with van der Waals surface area (Å²) in [6.07, 6.45) is 3.38. The number of anilines is 1. The molecule has 1 aromatic rings. The number of hydrogen-bond donors (Lipinski definition) is 1. The van der Waals surface area contributed by atoms with Gasteiger partial charge >= 0.3 is 0 Å². The van der Waals surface area contributed by atoms with E-state index in [9.17, 15) is 18.4 Å². The Bertz CT molecular complexity index is 834. The number of likely N-dealkylation sites (N-methyl/N-ethyl adjacent to an activating group) is 1. The van der Waals surface area contributed by atoms with Gasteiger partial charge in [-0.05, 0) is 44.7 Å². The Kier molecular flexibility index (Phi) is 4.78. The second-order valence-electron chi connectivity index (χ2n) is 9.34. The zero-order valence-corrected chi connectivity index (χ0v) is 17.2. The molecule has 0 radical (unpaired) electrons. The van der Waals surface area contributed by atoms with Crippen molar-refractivity contribution in [1.82, 2.24) is 14.8 Å². The zero-order valence-electron chi connectivity index (χ0n) is 17.2. The average molecular weight is 406 g/mol. The first kappa shape index (κ1) is 20.0. The number of halogens is 2. The maximum atomic E-state index is 13.1. The van der Waals surface area contributed by atoms with Crippen LogP contribution < -0.4 is 5.32 Å². The Balaban J connectivity index is 1.38. The number of rotatable bonds is 3. The Hall–Kier alpha value is -2.25. The smallest absolute Gasteiger partial charge is 0.255 e. The van der Waals surface area contributed by atoms with E-state index in [-0.39, 0.29) is 36.2 Å². The van der Waals surface area contributed by atoms with Crippen LogP contribution in [-0.4, -0.2) is 64.2 Å². The van der Waals surface area contributed by atoms with Crippen LogP contribution in [0.3, 0.4) is 0 Å². The number of hydrogen-bond acceptors (Lipinski definition) is 4. The minimum absolute atomic E-state index is 0.00474. The number of carbonyl (C=O) groups is 2. The fourth-order valence-corrected chi connectivity index (χ4v) is 4.49. The van der Waals surface area contributed by atoms with Crippen LogP contribution in [-0.2, 0) is 11.2 Å². The number of likely N-dealkylation sites (tertiary alicyclic amines) is 1. The SMILES string of the molecule is CN(C(=O)C1CC(F)(F)C1)[C@H]1CCN(C(=O)c2cnc3c(c2)CCC(C)(C)N3)C1. The molecule has 1 saturated heterocycles. The molecule has 158 valence electrons. The van der Waals surface area contributed by atoms with Crippen LogP contribution in [0.2, 0.25) is 0 Å². The molecule has 1 saturated carbocycles. The summed E-state index contributed by atoms with van der Waals surface area (Å²) in [5.74, 6) is -2.80. The molecule has 1 aromatic heterocycles. The molecule has 2 aliphatic heterocycles. The van der Waals surface area contributed by atoms with Crippen molar-refractivity contribution in [2.75, 3.05) is 25.5 Å². The lowest BCUT2D eigenvalue weighted by molar-refractivity contribution is -0.160. The standard InChI is InChI=1S/C21H28F2N4O2/c1-20(2)6-4-13-8-14(11-24-17(13)25-20)19(29)27-7-5-16(12-27)26(3)18(28)15-9-21(22,23)10-15/h8,11,15-16H,4-7,9-10,12H2,1-3H3,(H,24,25)/t16-/m0/s1. The normalized spacial score (nSPS) is 25.0. The molecule has 29 heavy (non-hydrogen) atoms. The molecule has 4 rings (SSSR count). The molecule has 2 amide bonds. The lowest BCUT2D eigenvalue weighted by atomic mass is 9.80. The van der Waals surface area contributed by atoms with E-state index in [2.05, 4.69) is 24.1 Å². The highest BCUT2D eigenvalue weighted by molar-refractivity contribution is 5.94. The summed E-state index contributed by atoms with van der Waals surface area (Å²) in [6, 6.07) is 1.78. The minimum Gasteiger partial charge on any atom is -0.365 e. The number of nitrogens with zero attached hydrogens (tertiary/aromatic N) is 3. The van der Waals surface area contributed by atoms with Crippen LogP contribution in [0.25, 0.3) is 0 Å². The maximum absolute atomic E-state index is 13.1. The van der Waals surface area contributed by atoms with Crippen molar-refractivity contribution < 1.29 is 18.4 Å². The van der Waals surface area contributed by atoms with Crippen molar-refractivity contribution in [3.8, 4) is 0 Å².